The molecule has 0 atom stereocenters. The fraction of sp³-hybridized carbons (Fsp3) is 0.455. The Bertz CT molecular complexity index is 662. The Morgan fingerprint density at radius 2 is 1.56 bits per heavy atom. The van der Waals surface area contributed by atoms with Gasteiger partial charge in [-0.3, -0.25) is 0 Å². The molecule has 0 aliphatic rings. The number of halogens is 2. The molecule has 0 saturated carbocycles. The molecule has 0 saturated heterocycles. The first-order valence-electron chi connectivity index (χ1n) is 9.73. The van der Waals surface area contributed by atoms with Crippen molar-refractivity contribution in [1.29, 1.82) is 0 Å². The van der Waals surface area contributed by atoms with Crippen molar-refractivity contribution in [2.45, 2.75) is 45.4 Å². The summed E-state index contributed by atoms with van der Waals surface area (Å²) in [5.41, 5.74) is 1.11. The largest absolute Gasteiger partial charge is 0.494 e. The van der Waals surface area contributed by atoms with E-state index in [9.17, 15) is 0 Å². The van der Waals surface area contributed by atoms with Crippen LogP contribution in [0, 0.1) is 0 Å². The van der Waals surface area contributed by atoms with Gasteiger partial charge in [-0.25, -0.2) is 0 Å². The van der Waals surface area contributed by atoms with Crippen molar-refractivity contribution in [2.24, 2.45) is 0 Å². The Morgan fingerprint density at radius 1 is 0.815 bits per heavy atom. The molecule has 0 fully saturated rings. The van der Waals surface area contributed by atoms with Gasteiger partial charge < -0.3 is 14.8 Å². The molecule has 1 N–H and O–H groups in total. The second-order valence-electron chi connectivity index (χ2n) is 6.49. The number of benzene rings is 2. The first kappa shape index (κ1) is 21.7. The van der Waals surface area contributed by atoms with Crippen molar-refractivity contribution in [2.75, 3.05) is 25.1 Å². The highest BCUT2D eigenvalue weighted by atomic mass is 35.5. The normalized spacial score (nSPS) is 10.6. The van der Waals surface area contributed by atoms with Crippen LogP contribution in [0.25, 0.3) is 0 Å². The number of ether oxygens (including phenoxy) is 2. The van der Waals surface area contributed by atoms with Crippen LogP contribution in [0.2, 0.25) is 10.0 Å². The third kappa shape index (κ3) is 8.77. The monoisotopic (exact) mass is 409 g/mol. The van der Waals surface area contributed by atoms with Gasteiger partial charge in [0, 0.05) is 17.3 Å². The van der Waals surface area contributed by atoms with Crippen molar-refractivity contribution < 1.29 is 9.47 Å². The molecule has 0 bridgehead atoms. The molecule has 148 valence electrons. The van der Waals surface area contributed by atoms with E-state index < -0.39 is 0 Å². The molecule has 0 aliphatic heterocycles. The van der Waals surface area contributed by atoms with E-state index in [1.807, 2.05) is 12.1 Å². The van der Waals surface area contributed by atoms with E-state index in [0.29, 0.717) is 22.4 Å². The highest BCUT2D eigenvalue weighted by molar-refractivity contribution is 6.35. The summed E-state index contributed by atoms with van der Waals surface area (Å²) in [6.45, 7) is 4.54. The van der Waals surface area contributed by atoms with Gasteiger partial charge in [0.15, 0.2) is 0 Å². The van der Waals surface area contributed by atoms with Crippen molar-refractivity contribution in [3.63, 3.8) is 0 Å². The maximum atomic E-state index is 6.08. The minimum atomic E-state index is 0.549. The summed E-state index contributed by atoms with van der Waals surface area (Å²) in [5, 5.41) is 4.58. The van der Waals surface area contributed by atoms with Gasteiger partial charge in [0.1, 0.15) is 11.5 Å². The summed E-state index contributed by atoms with van der Waals surface area (Å²) >= 11 is 12.0. The van der Waals surface area contributed by atoms with E-state index in [1.165, 1.54) is 19.3 Å². The third-order valence-electron chi connectivity index (χ3n) is 4.17. The number of hydrogen-bond acceptors (Lipinski definition) is 3. The Balaban J connectivity index is 1.56. The predicted octanol–water partition coefficient (Wildman–Crippen LogP) is 7.22. The molecular weight excluding hydrogens is 381 g/mol. The quantitative estimate of drug-likeness (QED) is 0.354. The number of nitrogens with one attached hydrogen (secondary N) is 1. The molecule has 2 aromatic rings. The van der Waals surface area contributed by atoms with Crippen LogP contribution >= 0.6 is 23.2 Å². The van der Waals surface area contributed by atoms with Gasteiger partial charge in [-0.15, -0.1) is 0 Å². The maximum Gasteiger partial charge on any atom is 0.137 e. The lowest BCUT2D eigenvalue weighted by molar-refractivity contribution is 0.305. The smallest absolute Gasteiger partial charge is 0.137 e. The van der Waals surface area contributed by atoms with Crippen molar-refractivity contribution in [1.82, 2.24) is 0 Å². The first-order chi connectivity index (χ1) is 13.2. The van der Waals surface area contributed by atoms with Crippen LogP contribution in [0.15, 0.2) is 42.5 Å². The highest BCUT2D eigenvalue weighted by Crippen LogP contribution is 2.27. The summed E-state index contributed by atoms with van der Waals surface area (Å²) in [4.78, 5) is 0. The van der Waals surface area contributed by atoms with Gasteiger partial charge in [-0.1, -0.05) is 49.4 Å². The van der Waals surface area contributed by atoms with E-state index in [1.54, 1.807) is 18.2 Å². The van der Waals surface area contributed by atoms with Crippen LogP contribution in [0.5, 0.6) is 11.5 Å². The number of anilines is 1. The average Bonchev–Trinajstić information content (AvgIpc) is 2.67. The Hall–Kier alpha value is -1.58. The predicted molar refractivity (Wildman–Crippen MR) is 116 cm³/mol. The molecule has 27 heavy (non-hydrogen) atoms. The zero-order valence-corrected chi connectivity index (χ0v) is 17.5. The highest BCUT2D eigenvalue weighted by Gasteiger charge is 2.02. The second kappa shape index (κ2) is 12.7. The molecule has 0 radical (unpaired) electrons. The van der Waals surface area contributed by atoms with Crippen molar-refractivity contribution in [3.8, 4) is 11.5 Å². The number of unbranched alkanes of at least 4 members (excludes halogenated alkanes) is 4. The van der Waals surface area contributed by atoms with Crippen LogP contribution < -0.4 is 14.8 Å². The SMILES string of the molecule is CCCCCCOc1ccc(NCCCCOc2ccc(Cl)cc2Cl)cc1. The van der Waals surface area contributed by atoms with Crippen molar-refractivity contribution in [3.05, 3.63) is 52.5 Å². The molecule has 2 aromatic carbocycles. The topological polar surface area (TPSA) is 30.5 Å². The molecular formula is C22H29Cl2NO2. The maximum absolute atomic E-state index is 6.08. The zero-order chi connectivity index (χ0) is 19.3. The van der Waals surface area contributed by atoms with Gasteiger partial charge in [-0.2, -0.15) is 0 Å². The summed E-state index contributed by atoms with van der Waals surface area (Å²) in [5.74, 6) is 1.62. The molecule has 0 aliphatic carbocycles. The lowest BCUT2D eigenvalue weighted by Crippen LogP contribution is -2.05. The zero-order valence-electron chi connectivity index (χ0n) is 16.0. The van der Waals surface area contributed by atoms with E-state index in [2.05, 4.69) is 24.4 Å². The molecule has 0 spiro atoms. The molecule has 3 nitrogen and oxygen atoms in total. The van der Waals surface area contributed by atoms with E-state index >= 15 is 0 Å². The van der Waals surface area contributed by atoms with Gasteiger partial charge >= 0.3 is 0 Å². The molecule has 0 amide bonds. The molecule has 0 unspecified atom stereocenters. The summed E-state index contributed by atoms with van der Waals surface area (Å²) in [6, 6.07) is 13.4. The van der Waals surface area contributed by atoms with Crippen LogP contribution in [-0.4, -0.2) is 19.8 Å². The van der Waals surface area contributed by atoms with Crippen LogP contribution in [0.4, 0.5) is 5.69 Å². The molecule has 2 rings (SSSR count). The number of rotatable bonds is 13. The summed E-state index contributed by atoms with van der Waals surface area (Å²) in [7, 11) is 0. The Labute approximate surface area is 173 Å². The average molecular weight is 410 g/mol. The van der Waals surface area contributed by atoms with Gasteiger partial charge in [-0.05, 0) is 61.7 Å². The van der Waals surface area contributed by atoms with E-state index in [4.69, 9.17) is 32.7 Å². The van der Waals surface area contributed by atoms with Gasteiger partial charge in [0.25, 0.3) is 0 Å². The lowest BCUT2D eigenvalue weighted by Gasteiger charge is -2.10. The minimum absolute atomic E-state index is 0.549. The molecule has 5 heteroatoms. The summed E-state index contributed by atoms with van der Waals surface area (Å²) < 4.78 is 11.4. The Kier molecular flexibility index (Phi) is 10.3. The Morgan fingerprint density at radius 3 is 2.30 bits per heavy atom. The number of hydrogen-bond donors (Lipinski definition) is 1. The van der Waals surface area contributed by atoms with Crippen LogP contribution in [0.1, 0.15) is 45.4 Å². The lowest BCUT2D eigenvalue weighted by atomic mass is 10.2. The van der Waals surface area contributed by atoms with Gasteiger partial charge in [0.2, 0.25) is 0 Å². The fourth-order valence-electron chi connectivity index (χ4n) is 2.62. The van der Waals surface area contributed by atoms with E-state index in [0.717, 1.165) is 43.9 Å². The van der Waals surface area contributed by atoms with Gasteiger partial charge in [0.05, 0.1) is 18.2 Å². The van der Waals surface area contributed by atoms with E-state index in [-0.39, 0.29) is 0 Å². The van der Waals surface area contributed by atoms with Crippen LogP contribution in [-0.2, 0) is 0 Å². The third-order valence-corrected chi connectivity index (χ3v) is 4.70. The second-order valence-corrected chi connectivity index (χ2v) is 7.33. The molecule has 0 heterocycles. The molecule has 0 aromatic heterocycles. The fourth-order valence-corrected chi connectivity index (χ4v) is 3.09. The summed E-state index contributed by atoms with van der Waals surface area (Å²) in [6.07, 6.45) is 6.86. The standard InChI is InChI=1S/C22H29Cl2NO2/c1-2-3-4-6-15-26-20-11-9-19(10-12-20)25-14-5-7-16-27-22-13-8-18(23)17-21(22)24/h8-13,17,25H,2-7,14-16H2,1H3. The van der Waals surface area contributed by atoms with Crippen LogP contribution in [0.3, 0.4) is 0 Å². The first-order valence-corrected chi connectivity index (χ1v) is 10.5. The minimum Gasteiger partial charge on any atom is -0.494 e. The van der Waals surface area contributed by atoms with Crippen molar-refractivity contribution >= 4 is 28.9 Å².